The zero-order valence-electron chi connectivity index (χ0n) is 19.6. The molecule has 11 heteroatoms. The van der Waals surface area contributed by atoms with E-state index in [0.717, 1.165) is 5.56 Å². The molecule has 2 aromatic carbocycles. The van der Waals surface area contributed by atoms with Gasteiger partial charge in [-0.2, -0.15) is 0 Å². The highest BCUT2D eigenvalue weighted by molar-refractivity contribution is 8.00. The van der Waals surface area contributed by atoms with E-state index in [2.05, 4.69) is 5.32 Å². The molecule has 2 aliphatic heterocycles. The van der Waals surface area contributed by atoms with Gasteiger partial charge in [-0.3, -0.25) is 24.4 Å². The molecule has 1 N–H and O–H groups in total. The molecule has 4 rings (SSSR count). The highest BCUT2D eigenvalue weighted by Crippen LogP contribution is 2.33. The fourth-order valence-electron chi connectivity index (χ4n) is 3.85. The van der Waals surface area contributed by atoms with Crippen LogP contribution in [-0.4, -0.2) is 73.3 Å². The van der Waals surface area contributed by atoms with E-state index in [1.165, 1.54) is 36.0 Å². The van der Waals surface area contributed by atoms with Gasteiger partial charge >= 0.3 is 0 Å². The van der Waals surface area contributed by atoms with Crippen LogP contribution in [0.4, 0.5) is 5.69 Å². The highest BCUT2D eigenvalue weighted by atomic mass is 32.2. The highest BCUT2D eigenvalue weighted by Gasteiger charge is 2.30. The quantitative estimate of drug-likeness (QED) is 0.558. The Hall–Kier alpha value is -3.60. The summed E-state index contributed by atoms with van der Waals surface area (Å²) in [7, 11) is 3.05. The fraction of sp³-hybridized carbons (Fsp3) is 0.375. The lowest BCUT2D eigenvalue weighted by Crippen LogP contribution is -2.46. The van der Waals surface area contributed by atoms with Gasteiger partial charge in [0.1, 0.15) is 11.5 Å². The number of nitrogens with one attached hydrogen (secondary N) is 1. The maximum atomic E-state index is 12.9. The van der Waals surface area contributed by atoms with Gasteiger partial charge in [0.2, 0.25) is 18.6 Å². The number of carbonyl (C=O) groups excluding carboxylic acids is 3. The van der Waals surface area contributed by atoms with Gasteiger partial charge < -0.3 is 24.3 Å². The molecule has 0 spiro atoms. The number of hydrazine groups is 1. The molecule has 35 heavy (non-hydrogen) atoms. The summed E-state index contributed by atoms with van der Waals surface area (Å²) in [6.45, 7) is 1.12. The molecule has 2 aromatic rings. The number of nitrogens with zero attached hydrogens (tertiary/aromatic N) is 2. The second-order valence-corrected chi connectivity index (χ2v) is 8.84. The summed E-state index contributed by atoms with van der Waals surface area (Å²) >= 11 is 1.19. The summed E-state index contributed by atoms with van der Waals surface area (Å²) in [6.07, 6.45) is 0.859. The molecule has 2 aliphatic rings. The van der Waals surface area contributed by atoms with Crippen LogP contribution in [0.25, 0.3) is 0 Å². The molecule has 0 aromatic heterocycles. The number of anilines is 1. The van der Waals surface area contributed by atoms with Crippen LogP contribution in [-0.2, 0) is 20.8 Å². The largest absolute Gasteiger partial charge is 0.497 e. The van der Waals surface area contributed by atoms with Crippen molar-refractivity contribution in [1.82, 2.24) is 10.0 Å². The van der Waals surface area contributed by atoms with Crippen LogP contribution in [0.3, 0.4) is 0 Å². The summed E-state index contributed by atoms with van der Waals surface area (Å²) in [5.74, 6) is 1.88. The van der Waals surface area contributed by atoms with Gasteiger partial charge in [-0.25, -0.2) is 0 Å². The maximum absolute atomic E-state index is 12.9. The summed E-state index contributed by atoms with van der Waals surface area (Å²) in [6, 6.07) is 10.5. The van der Waals surface area contributed by atoms with E-state index in [1.807, 2.05) is 6.07 Å². The lowest BCUT2D eigenvalue weighted by Gasteiger charge is -2.28. The summed E-state index contributed by atoms with van der Waals surface area (Å²) < 4.78 is 21.1. The van der Waals surface area contributed by atoms with Crippen molar-refractivity contribution in [2.24, 2.45) is 0 Å². The Labute approximate surface area is 207 Å². The Morgan fingerprint density at radius 1 is 0.943 bits per heavy atom. The minimum Gasteiger partial charge on any atom is -0.497 e. The number of hydrogen-bond acceptors (Lipinski definition) is 8. The van der Waals surface area contributed by atoms with E-state index in [9.17, 15) is 14.4 Å². The second kappa shape index (κ2) is 11.2. The van der Waals surface area contributed by atoms with Gasteiger partial charge in [-0.05, 0) is 36.2 Å². The van der Waals surface area contributed by atoms with Gasteiger partial charge in [0.25, 0.3) is 5.91 Å². The molecule has 1 saturated heterocycles. The van der Waals surface area contributed by atoms with Crippen molar-refractivity contribution >= 4 is 35.2 Å². The monoisotopic (exact) mass is 501 g/mol. The number of fused-ring (bicyclic) bond motifs is 1. The summed E-state index contributed by atoms with van der Waals surface area (Å²) in [5, 5.41) is 5.75. The van der Waals surface area contributed by atoms with E-state index in [-0.39, 0.29) is 42.4 Å². The van der Waals surface area contributed by atoms with Crippen molar-refractivity contribution in [3.05, 3.63) is 42.0 Å². The van der Waals surface area contributed by atoms with Crippen LogP contribution in [0.15, 0.2) is 36.4 Å². The number of methoxy groups -OCH3 is 2. The second-order valence-electron chi connectivity index (χ2n) is 7.86. The van der Waals surface area contributed by atoms with E-state index in [4.69, 9.17) is 18.9 Å². The van der Waals surface area contributed by atoms with Crippen molar-refractivity contribution in [2.45, 2.75) is 12.8 Å². The topological polar surface area (TPSA) is 107 Å². The van der Waals surface area contributed by atoms with E-state index < -0.39 is 0 Å². The minimum absolute atomic E-state index is 0.0745. The number of ether oxygens (including phenoxy) is 4. The number of hydrogen-bond donors (Lipinski definition) is 1. The number of thioether (sulfide) groups is 1. The maximum Gasteiger partial charge on any atom is 0.251 e. The number of benzene rings is 2. The van der Waals surface area contributed by atoms with Crippen LogP contribution < -0.4 is 24.3 Å². The van der Waals surface area contributed by atoms with Gasteiger partial charge in [0, 0.05) is 19.2 Å². The van der Waals surface area contributed by atoms with Gasteiger partial charge in [0.15, 0.2) is 11.5 Å². The van der Waals surface area contributed by atoms with Crippen LogP contribution in [0.2, 0.25) is 0 Å². The first-order chi connectivity index (χ1) is 17.0. The van der Waals surface area contributed by atoms with Crippen molar-refractivity contribution < 1.29 is 33.3 Å². The predicted octanol–water partition coefficient (Wildman–Crippen LogP) is 2.32. The molecule has 0 atom stereocenters. The zero-order valence-corrected chi connectivity index (χ0v) is 20.4. The Kier molecular flexibility index (Phi) is 7.86. The first kappa shape index (κ1) is 24.5. The van der Waals surface area contributed by atoms with Crippen molar-refractivity contribution in [3.8, 4) is 23.0 Å². The normalized spacial score (nSPS) is 14.1. The van der Waals surface area contributed by atoms with E-state index in [0.29, 0.717) is 48.2 Å². The van der Waals surface area contributed by atoms with E-state index >= 15 is 0 Å². The SMILES string of the molecule is COc1ccc(OC)c(NC(=O)CSCC(=O)N2CCCN2C(=O)Cc2ccc3c(c2)OCO3)c1. The zero-order chi connectivity index (χ0) is 24.8. The fourth-order valence-corrected chi connectivity index (χ4v) is 4.53. The lowest BCUT2D eigenvalue weighted by atomic mass is 10.1. The van der Waals surface area contributed by atoms with Crippen LogP contribution in [0, 0.1) is 0 Å². The number of carbonyl (C=O) groups is 3. The molecule has 1 fully saturated rings. The molecule has 186 valence electrons. The van der Waals surface area contributed by atoms with Gasteiger partial charge in [0.05, 0.1) is 37.8 Å². The predicted molar refractivity (Wildman–Crippen MR) is 130 cm³/mol. The van der Waals surface area contributed by atoms with Gasteiger partial charge in [-0.1, -0.05) is 6.07 Å². The Bertz CT molecular complexity index is 1110. The Morgan fingerprint density at radius 3 is 2.49 bits per heavy atom. The van der Waals surface area contributed by atoms with Gasteiger partial charge in [-0.15, -0.1) is 11.8 Å². The molecular weight excluding hydrogens is 474 g/mol. The molecular formula is C24H27N3O7S. The van der Waals surface area contributed by atoms with Crippen molar-refractivity contribution in [1.29, 1.82) is 0 Å². The molecule has 0 aliphatic carbocycles. The average Bonchev–Trinajstić information content (AvgIpc) is 3.53. The third-order valence-corrected chi connectivity index (χ3v) is 6.46. The number of amides is 3. The molecule has 3 amide bonds. The molecule has 10 nitrogen and oxygen atoms in total. The Morgan fingerprint density at radius 2 is 1.71 bits per heavy atom. The third-order valence-electron chi connectivity index (χ3n) is 5.54. The minimum atomic E-state index is -0.272. The molecule has 0 unspecified atom stereocenters. The smallest absolute Gasteiger partial charge is 0.251 e. The average molecular weight is 502 g/mol. The molecule has 0 saturated carbocycles. The van der Waals surface area contributed by atoms with Crippen LogP contribution >= 0.6 is 11.8 Å². The van der Waals surface area contributed by atoms with Crippen molar-refractivity contribution in [2.75, 3.05) is 50.9 Å². The number of rotatable bonds is 9. The van der Waals surface area contributed by atoms with Crippen molar-refractivity contribution in [3.63, 3.8) is 0 Å². The summed E-state index contributed by atoms with van der Waals surface area (Å²) in [4.78, 5) is 38.1. The Balaban J connectivity index is 1.27. The van der Waals surface area contributed by atoms with Crippen LogP contribution in [0.5, 0.6) is 23.0 Å². The van der Waals surface area contributed by atoms with Crippen LogP contribution in [0.1, 0.15) is 12.0 Å². The van der Waals surface area contributed by atoms with E-state index in [1.54, 1.807) is 30.3 Å². The standard InChI is InChI=1S/C24H27N3O7S/c1-31-17-5-7-19(32-2)18(12-17)25-22(28)13-35-14-24(30)27-9-3-8-26(27)23(29)11-16-4-6-20-21(10-16)34-15-33-20/h4-7,10,12H,3,8-9,11,13-15H2,1-2H3,(H,25,28). The molecule has 2 heterocycles. The first-order valence-electron chi connectivity index (χ1n) is 11.1. The lowest BCUT2D eigenvalue weighted by molar-refractivity contribution is -0.155. The third kappa shape index (κ3) is 5.91. The first-order valence-corrected chi connectivity index (χ1v) is 12.2. The molecule has 0 radical (unpaired) electrons. The summed E-state index contributed by atoms with van der Waals surface area (Å²) in [5.41, 5.74) is 1.28. The molecule has 0 bridgehead atoms.